The van der Waals surface area contributed by atoms with Crippen LogP contribution < -0.4 is 4.83 Å². The molecule has 0 amide bonds. The number of hydrogen-bond donors (Lipinski definition) is 1. The van der Waals surface area contributed by atoms with Crippen molar-refractivity contribution in [3.63, 3.8) is 0 Å². The highest BCUT2D eigenvalue weighted by Crippen LogP contribution is 2.33. The van der Waals surface area contributed by atoms with E-state index in [1.165, 1.54) is 36.5 Å². The van der Waals surface area contributed by atoms with E-state index in [1.54, 1.807) is 18.2 Å². The highest BCUT2D eigenvalue weighted by Gasteiger charge is 2.26. The van der Waals surface area contributed by atoms with Gasteiger partial charge in [-0.1, -0.05) is 46.3 Å². The van der Waals surface area contributed by atoms with E-state index in [4.69, 9.17) is 0 Å². The van der Waals surface area contributed by atoms with Gasteiger partial charge in [0.15, 0.2) is 0 Å². The van der Waals surface area contributed by atoms with Crippen molar-refractivity contribution in [1.82, 2.24) is 4.83 Å². The van der Waals surface area contributed by atoms with E-state index in [9.17, 15) is 17.2 Å². The van der Waals surface area contributed by atoms with Gasteiger partial charge < -0.3 is 0 Å². The van der Waals surface area contributed by atoms with Crippen LogP contribution in [0, 0.1) is 0 Å². The highest BCUT2D eigenvalue weighted by molar-refractivity contribution is 9.10. The zero-order chi connectivity index (χ0) is 17.1. The first kappa shape index (κ1) is 17.6. The summed E-state index contributed by atoms with van der Waals surface area (Å²) in [7, 11) is -3.75. The minimum atomic E-state index is -3.75. The van der Waals surface area contributed by atoms with E-state index in [0.717, 1.165) is 6.92 Å². The van der Waals surface area contributed by atoms with E-state index in [0.29, 0.717) is 5.56 Å². The van der Waals surface area contributed by atoms with E-state index in [1.807, 2.05) is 0 Å². The number of hydrogen-bond acceptors (Lipinski definition) is 3. The molecule has 0 aromatic heterocycles. The molecule has 0 saturated carbocycles. The van der Waals surface area contributed by atoms with Crippen molar-refractivity contribution < 1.29 is 17.2 Å². The Bertz CT molecular complexity index is 819. The zero-order valence-electron chi connectivity index (χ0n) is 12.0. The highest BCUT2D eigenvalue weighted by atomic mass is 79.9. The molecule has 0 aliphatic rings. The van der Waals surface area contributed by atoms with Crippen molar-refractivity contribution in [2.45, 2.75) is 17.7 Å². The quantitative estimate of drug-likeness (QED) is 0.609. The van der Waals surface area contributed by atoms with Crippen LogP contribution in [0.15, 0.2) is 63.0 Å². The molecule has 0 heterocycles. The molecule has 0 saturated heterocycles. The fraction of sp³-hybridized carbons (Fsp3) is 0.133. The molecule has 0 aliphatic heterocycles. The van der Waals surface area contributed by atoms with Crippen LogP contribution in [0.2, 0.25) is 0 Å². The zero-order valence-corrected chi connectivity index (χ0v) is 14.4. The van der Waals surface area contributed by atoms with Crippen LogP contribution in [-0.4, -0.2) is 14.6 Å². The van der Waals surface area contributed by atoms with Crippen molar-refractivity contribution in [2.75, 3.05) is 0 Å². The third-order valence-corrected chi connectivity index (χ3v) is 4.80. The van der Waals surface area contributed by atoms with Crippen LogP contribution in [0.1, 0.15) is 18.1 Å². The second-order valence-corrected chi connectivity index (χ2v) is 7.31. The smallest absolute Gasteiger partial charge is 0.202 e. The molecule has 0 radical (unpaired) electrons. The Morgan fingerprint density at radius 2 is 1.83 bits per heavy atom. The molecule has 8 heteroatoms. The summed E-state index contributed by atoms with van der Waals surface area (Å²) >= 11 is 3.07. The largest absolute Gasteiger partial charge is 0.276 e. The molecular formula is C15H13BrF2N2O2S. The lowest BCUT2D eigenvalue weighted by atomic mass is 10.1. The van der Waals surface area contributed by atoms with Crippen LogP contribution in [0.25, 0.3) is 0 Å². The van der Waals surface area contributed by atoms with Gasteiger partial charge in [-0.15, -0.1) is 0 Å². The SMILES string of the molecule is CC(F)(F)c1ccc(/C=N/NS(=O)(=O)c2ccccc2)cc1Br. The number of rotatable bonds is 5. The van der Waals surface area contributed by atoms with Crippen LogP contribution >= 0.6 is 15.9 Å². The summed E-state index contributed by atoms with van der Waals surface area (Å²) in [6.45, 7) is 0.800. The van der Waals surface area contributed by atoms with Crippen molar-refractivity contribution in [2.24, 2.45) is 5.10 Å². The molecular weight excluding hydrogens is 390 g/mol. The van der Waals surface area contributed by atoms with Gasteiger partial charge in [0.25, 0.3) is 15.9 Å². The van der Waals surface area contributed by atoms with E-state index < -0.39 is 15.9 Å². The van der Waals surface area contributed by atoms with Gasteiger partial charge in [0, 0.05) is 17.0 Å². The van der Waals surface area contributed by atoms with Crippen LogP contribution in [0.5, 0.6) is 0 Å². The lowest BCUT2D eigenvalue weighted by Crippen LogP contribution is -2.18. The number of halogens is 3. The molecule has 0 spiro atoms. The normalized spacial score (nSPS) is 12.5. The van der Waals surface area contributed by atoms with Crippen LogP contribution in [0.3, 0.4) is 0 Å². The number of nitrogens with zero attached hydrogens (tertiary/aromatic N) is 1. The van der Waals surface area contributed by atoms with Gasteiger partial charge in [-0.3, -0.25) is 0 Å². The first-order valence-corrected chi connectivity index (χ1v) is 8.75. The van der Waals surface area contributed by atoms with Crippen molar-refractivity contribution in [3.05, 3.63) is 64.1 Å². The number of alkyl halides is 2. The standard InChI is InChI=1S/C15H13BrF2N2O2S/c1-15(17,18)13-8-7-11(9-14(13)16)10-19-20-23(21,22)12-5-3-2-4-6-12/h2-10,20H,1H3/b19-10+. The third-order valence-electron chi connectivity index (χ3n) is 2.91. The maximum absolute atomic E-state index is 13.3. The molecule has 122 valence electrons. The Morgan fingerprint density at radius 1 is 1.17 bits per heavy atom. The lowest BCUT2D eigenvalue weighted by molar-refractivity contribution is 0.0167. The second-order valence-electron chi connectivity index (χ2n) is 4.79. The van der Waals surface area contributed by atoms with E-state index >= 15 is 0 Å². The molecule has 0 unspecified atom stereocenters. The number of nitrogens with one attached hydrogen (secondary N) is 1. The summed E-state index contributed by atoms with van der Waals surface area (Å²) in [5.41, 5.74) is 0.320. The maximum atomic E-state index is 13.3. The lowest BCUT2D eigenvalue weighted by Gasteiger charge is -2.12. The van der Waals surface area contributed by atoms with Crippen molar-refractivity contribution in [3.8, 4) is 0 Å². The van der Waals surface area contributed by atoms with Gasteiger partial charge in [0.1, 0.15) is 0 Å². The van der Waals surface area contributed by atoms with E-state index in [2.05, 4.69) is 25.9 Å². The van der Waals surface area contributed by atoms with Crippen molar-refractivity contribution in [1.29, 1.82) is 0 Å². The monoisotopic (exact) mass is 402 g/mol. The minimum Gasteiger partial charge on any atom is -0.202 e. The number of benzene rings is 2. The minimum absolute atomic E-state index is 0.0827. The molecule has 2 rings (SSSR count). The molecule has 0 aliphatic carbocycles. The second kappa shape index (κ2) is 6.76. The summed E-state index contributed by atoms with van der Waals surface area (Å²) in [5, 5.41) is 3.65. The van der Waals surface area contributed by atoms with Gasteiger partial charge >= 0.3 is 0 Å². The summed E-state index contributed by atoms with van der Waals surface area (Å²) < 4.78 is 50.7. The predicted octanol–water partition coefficient (Wildman–Crippen LogP) is 3.87. The van der Waals surface area contributed by atoms with Crippen LogP contribution in [0.4, 0.5) is 8.78 Å². The molecule has 0 fully saturated rings. The molecule has 2 aromatic rings. The molecule has 4 nitrogen and oxygen atoms in total. The first-order valence-electron chi connectivity index (χ1n) is 6.48. The Labute approximate surface area is 141 Å². The Morgan fingerprint density at radius 3 is 2.39 bits per heavy atom. The third kappa shape index (κ3) is 4.59. The van der Waals surface area contributed by atoms with Crippen molar-refractivity contribution >= 4 is 32.2 Å². The number of sulfonamides is 1. The van der Waals surface area contributed by atoms with Gasteiger partial charge in [-0.25, -0.2) is 13.6 Å². The average molecular weight is 403 g/mol. The molecule has 1 N–H and O–H groups in total. The first-order chi connectivity index (χ1) is 10.7. The summed E-state index contributed by atoms with van der Waals surface area (Å²) in [5.74, 6) is -2.97. The summed E-state index contributed by atoms with van der Waals surface area (Å²) in [6, 6.07) is 11.9. The van der Waals surface area contributed by atoms with Gasteiger partial charge in [-0.05, 0) is 23.8 Å². The topological polar surface area (TPSA) is 58.5 Å². The van der Waals surface area contributed by atoms with Gasteiger partial charge in [0.2, 0.25) is 0 Å². The van der Waals surface area contributed by atoms with E-state index in [-0.39, 0.29) is 14.9 Å². The summed E-state index contributed by atoms with van der Waals surface area (Å²) in [6.07, 6.45) is 1.24. The fourth-order valence-corrected chi connectivity index (χ4v) is 3.35. The van der Waals surface area contributed by atoms with Gasteiger partial charge in [-0.2, -0.15) is 13.5 Å². The Kier molecular flexibility index (Phi) is 5.16. The molecule has 0 atom stereocenters. The molecule has 23 heavy (non-hydrogen) atoms. The fourth-order valence-electron chi connectivity index (χ4n) is 1.79. The predicted molar refractivity (Wildman–Crippen MR) is 88.1 cm³/mol. The summed E-state index contributed by atoms with van der Waals surface area (Å²) in [4.78, 5) is 2.15. The Balaban J connectivity index is 2.14. The molecule has 0 bridgehead atoms. The number of hydrazone groups is 1. The average Bonchev–Trinajstić information content (AvgIpc) is 2.47. The van der Waals surface area contributed by atoms with Gasteiger partial charge in [0.05, 0.1) is 11.1 Å². The van der Waals surface area contributed by atoms with Crippen LogP contribution in [-0.2, 0) is 15.9 Å². The maximum Gasteiger partial charge on any atom is 0.276 e. The Hall–Kier alpha value is -1.80. The molecule has 2 aromatic carbocycles.